The lowest BCUT2D eigenvalue weighted by Gasteiger charge is -2.20. The zero-order valence-corrected chi connectivity index (χ0v) is 34.3. The summed E-state index contributed by atoms with van der Waals surface area (Å²) in [6, 6.07) is 8.96. The maximum Gasteiger partial charge on any atom is 0.425 e. The van der Waals surface area contributed by atoms with Crippen molar-refractivity contribution in [2.45, 2.75) is 75.0 Å². The van der Waals surface area contributed by atoms with Crippen molar-refractivity contribution in [1.29, 1.82) is 0 Å². The second-order valence-electron chi connectivity index (χ2n) is 12.6. The first-order valence-electron chi connectivity index (χ1n) is 15.0. The SMILES string of the molecule is CC1=[N+](CCCS(=O)(=O)[O-])c2c(cccc2S(=O)(=O)[O-])C1(C)C.CC1=[N+](CCCS(=O)(=O)[O-])c2cccc(S(=O)(=O)[O-])c2C1(C)C.O=S(=O)=O.O=S(=O)=O. The first-order chi connectivity index (χ1) is 24.2. The van der Waals surface area contributed by atoms with E-state index in [9.17, 15) is 51.9 Å². The van der Waals surface area contributed by atoms with Gasteiger partial charge in [0.05, 0.1) is 41.5 Å². The van der Waals surface area contributed by atoms with Crippen molar-refractivity contribution in [3.63, 3.8) is 0 Å². The summed E-state index contributed by atoms with van der Waals surface area (Å²) in [5.41, 5.74) is 2.38. The molecule has 54 heavy (non-hydrogen) atoms. The maximum absolute atomic E-state index is 11.6. The lowest BCUT2D eigenvalue weighted by atomic mass is 9.82. The molecule has 0 saturated heterocycles. The highest BCUT2D eigenvalue weighted by atomic mass is 32.2. The van der Waals surface area contributed by atoms with Crippen LogP contribution in [0, 0.1) is 0 Å². The van der Waals surface area contributed by atoms with Gasteiger partial charge >= 0.3 is 21.2 Å². The van der Waals surface area contributed by atoms with Crippen LogP contribution in [0.15, 0.2) is 46.2 Å². The zero-order valence-electron chi connectivity index (χ0n) is 29.4. The number of hydrogen-bond acceptors (Lipinski definition) is 18. The highest BCUT2D eigenvalue weighted by Crippen LogP contribution is 2.44. The fourth-order valence-electron chi connectivity index (χ4n) is 5.85. The number of benzene rings is 2. The van der Waals surface area contributed by atoms with Crippen LogP contribution in [-0.4, -0.2) is 122 Å². The molecule has 0 fully saturated rings. The Labute approximate surface area is 316 Å². The molecule has 0 radical (unpaired) electrons. The summed E-state index contributed by atoms with van der Waals surface area (Å²) in [5, 5.41) is 0. The van der Waals surface area contributed by atoms with E-state index in [1.54, 1.807) is 49.0 Å². The molecule has 0 N–H and O–H groups in total. The predicted molar refractivity (Wildman–Crippen MR) is 184 cm³/mol. The lowest BCUT2D eigenvalue weighted by Crippen LogP contribution is -2.28. The van der Waals surface area contributed by atoms with Crippen LogP contribution < -0.4 is 0 Å². The van der Waals surface area contributed by atoms with E-state index in [0.29, 0.717) is 16.8 Å². The van der Waals surface area contributed by atoms with E-state index in [-0.39, 0.29) is 41.4 Å². The Kier molecular flexibility index (Phi) is 16.3. The summed E-state index contributed by atoms with van der Waals surface area (Å²) in [6.45, 7) is 11.4. The molecule has 0 spiro atoms. The fraction of sp³-hybridized carbons (Fsp3) is 0.500. The number of rotatable bonds is 10. The monoisotopic (exact) mass is 880 g/mol. The first kappa shape index (κ1) is 48.7. The molecule has 0 unspecified atom stereocenters. The smallest absolute Gasteiger partial charge is 0.425 e. The van der Waals surface area contributed by atoms with E-state index in [1.165, 1.54) is 24.3 Å². The van der Waals surface area contributed by atoms with E-state index in [2.05, 4.69) is 0 Å². The van der Waals surface area contributed by atoms with Gasteiger partial charge in [-0.1, -0.05) is 18.2 Å². The minimum absolute atomic E-state index is 0.0476. The molecular weight excluding hydrogens is 845 g/mol. The van der Waals surface area contributed by atoms with Gasteiger partial charge in [-0.3, -0.25) is 0 Å². The standard InChI is InChI=1S/2C14H19NO6S2.2O3S/c1-10-14(2,3)13-11(6-4-7-12(13)23(19,20)21)15(10)8-5-9-22(16,17)18;1-10-14(2,3)11-6-4-7-12(23(19,20)21)13(11)15(10)8-5-9-22(16,17)18;2*1-4(2)3/h2*4,6-7H,5,8-9H2,1-3H3,(H-,16,17,18,19,20,21);;/p-2. The van der Waals surface area contributed by atoms with Crippen molar-refractivity contribution in [2.24, 2.45) is 0 Å². The third kappa shape index (κ3) is 13.4. The van der Waals surface area contributed by atoms with Gasteiger partial charge in [-0.15, -0.1) is 25.3 Å². The van der Waals surface area contributed by atoms with Gasteiger partial charge in [-0.2, -0.15) is 9.15 Å². The Morgan fingerprint density at radius 3 is 1.35 bits per heavy atom. The van der Waals surface area contributed by atoms with Gasteiger partial charge in [0.15, 0.2) is 11.4 Å². The Hall–Kier alpha value is -3.34. The minimum Gasteiger partial charge on any atom is -0.748 e. The molecule has 4 rings (SSSR count). The molecular formula is C28H36N2O18S6-2. The van der Waals surface area contributed by atoms with E-state index in [0.717, 1.165) is 11.4 Å². The number of hydrogen-bond donors (Lipinski definition) is 0. The van der Waals surface area contributed by atoms with Crippen LogP contribution in [0.4, 0.5) is 11.4 Å². The van der Waals surface area contributed by atoms with Gasteiger partial charge in [0.2, 0.25) is 11.4 Å². The van der Waals surface area contributed by atoms with Crippen molar-refractivity contribution < 1.29 is 86.3 Å². The molecule has 2 aromatic rings. The average molecular weight is 881 g/mol. The molecule has 0 bridgehead atoms. The molecule has 26 heteroatoms. The van der Waals surface area contributed by atoms with Gasteiger partial charge in [-0.05, 0) is 39.8 Å². The number of fused-ring (bicyclic) bond motifs is 2. The van der Waals surface area contributed by atoms with Crippen molar-refractivity contribution in [3.8, 4) is 0 Å². The molecule has 0 saturated carbocycles. The Balaban J connectivity index is 0.000000450. The molecule has 0 amide bonds. The van der Waals surface area contributed by atoms with Gasteiger partial charge in [-0.25, -0.2) is 33.7 Å². The molecule has 2 aliphatic rings. The van der Waals surface area contributed by atoms with Crippen LogP contribution in [0.3, 0.4) is 0 Å². The highest BCUT2D eigenvalue weighted by Gasteiger charge is 2.46. The van der Waals surface area contributed by atoms with Gasteiger partial charge in [0, 0.05) is 49.8 Å². The fourth-order valence-corrected chi connectivity index (χ4v) is 8.38. The molecule has 0 atom stereocenters. The topological polar surface area (TPSA) is 337 Å². The maximum atomic E-state index is 11.6. The van der Waals surface area contributed by atoms with Gasteiger partial charge < -0.3 is 18.2 Å². The predicted octanol–water partition coefficient (Wildman–Crippen LogP) is -0.164. The molecule has 2 aliphatic heterocycles. The Morgan fingerprint density at radius 2 is 0.944 bits per heavy atom. The highest BCUT2D eigenvalue weighted by molar-refractivity contribution is 7.86. The molecule has 304 valence electrons. The average Bonchev–Trinajstić information content (AvgIpc) is 3.28. The van der Waals surface area contributed by atoms with E-state index >= 15 is 0 Å². The van der Waals surface area contributed by atoms with Gasteiger partial charge in [0.1, 0.15) is 38.2 Å². The quantitative estimate of drug-likeness (QED) is 0.221. The normalized spacial score (nSPS) is 15.7. The summed E-state index contributed by atoms with van der Waals surface area (Å²) < 4.78 is 188. The lowest BCUT2D eigenvalue weighted by molar-refractivity contribution is -0.441. The summed E-state index contributed by atoms with van der Waals surface area (Å²) in [5.74, 6) is -1.04. The summed E-state index contributed by atoms with van der Waals surface area (Å²) in [6.07, 6.45) is 0.166. The second kappa shape index (κ2) is 18.1. The van der Waals surface area contributed by atoms with Crippen LogP contribution in [-0.2, 0) is 72.5 Å². The van der Waals surface area contributed by atoms with Crippen molar-refractivity contribution >= 4 is 84.5 Å². The van der Waals surface area contributed by atoms with Crippen molar-refractivity contribution in [2.75, 3.05) is 24.6 Å². The Morgan fingerprint density at radius 1 is 0.574 bits per heavy atom. The molecule has 0 aliphatic carbocycles. The zero-order chi connectivity index (χ0) is 42.4. The van der Waals surface area contributed by atoms with Crippen molar-refractivity contribution in [3.05, 3.63) is 47.5 Å². The number of para-hydroxylation sites is 1. The molecule has 20 nitrogen and oxygen atoms in total. The van der Waals surface area contributed by atoms with Crippen molar-refractivity contribution in [1.82, 2.24) is 0 Å². The minimum atomic E-state index is -4.67. The van der Waals surface area contributed by atoms with Crippen LogP contribution in [0.2, 0.25) is 0 Å². The van der Waals surface area contributed by atoms with E-state index in [1.807, 2.05) is 13.8 Å². The van der Waals surface area contributed by atoms with E-state index in [4.69, 9.17) is 25.3 Å². The van der Waals surface area contributed by atoms with Crippen LogP contribution in [0.1, 0.15) is 65.5 Å². The second-order valence-corrected chi connectivity index (χ2v) is 19.1. The third-order valence-corrected chi connectivity index (χ3v) is 11.9. The number of nitrogens with zero attached hydrogens (tertiary/aromatic N) is 2. The molecule has 2 heterocycles. The summed E-state index contributed by atoms with van der Waals surface area (Å²) in [4.78, 5) is -0.594. The largest absolute Gasteiger partial charge is 0.748 e. The van der Waals surface area contributed by atoms with Crippen LogP contribution in [0.25, 0.3) is 0 Å². The summed E-state index contributed by atoms with van der Waals surface area (Å²) >= 11 is 0. The van der Waals surface area contributed by atoms with Crippen LogP contribution in [0.5, 0.6) is 0 Å². The first-order valence-corrected chi connectivity index (χ1v) is 23.0. The molecule has 0 aromatic heterocycles. The Bertz CT molecular complexity index is 2480. The molecule has 2 aromatic carbocycles. The van der Waals surface area contributed by atoms with Crippen LogP contribution >= 0.6 is 0 Å². The third-order valence-electron chi connectivity index (χ3n) is 8.57. The summed E-state index contributed by atoms with van der Waals surface area (Å²) in [7, 11) is -24.2. The van der Waals surface area contributed by atoms with Gasteiger partial charge in [0.25, 0.3) is 0 Å². The van der Waals surface area contributed by atoms with E-state index < -0.39 is 84.0 Å².